The fraction of sp³-hybridized carbons (Fsp3) is 0.375. The van der Waals surface area contributed by atoms with E-state index in [9.17, 15) is 0 Å². The standard InChI is InChI=1S/C8H10Si/c1-2-6-9-7-4-3-5-8-9/h2,7H,1,4,6,8H2. The van der Waals surface area contributed by atoms with Crippen LogP contribution >= 0.6 is 0 Å². The Balaban J connectivity index is 2.45. The molecule has 0 N–H and O–H groups in total. The Morgan fingerprint density at radius 3 is 3.11 bits per heavy atom. The van der Waals surface area contributed by atoms with Crippen molar-refractivity contribution in [2.45, 2.75) is 18.5 Å². The van der Waals surface area contributed by atoms with Gasteiger partial charge in [0.15, 0.2) is 0 Å². The summed E-state index contributed by atoms with van der Waals surface area (Å²) in [5, 5.41) is 0. The molecule has 0 saturated heterocycles. The molecular weight excluding hydrogens is 124 g/mol. The van der Waals surface area contributed by atoms with Gasteiger partial charge in [0.2, 0.25) is 0 Å². The number of rotatable bonds is 2. The first-order chi connectivity index (χ1) is 4.43. The zero-order valence-electron chi connectivity index (χ0n) is 5.48. The predicted molar refractivity (Wildman–Crippen MR) is 44.0 cm³/mol. The maximum Gasteiger partial charge on any atom is 0.0232 e. The van der Waals surface area contributed by atoms with Gasteiger partial charge in [0.1, 0.15) is 0 Å². The maximum absolute atomic E-state index is 3.71. The monoisotopic (exact) mass is 134 g/mol. The summed E-state index contributed by atoms with van der Waals surface area (Å²) in [6.45, 7) is 3.71. The molecule has 0 saturated carbocycles. The molecule has 0 aromatic heterocycles. The third-order valence-electron chi connectivity index (χ3n) is 1.34. The molecule has 1 rings (SSSR count). The van der Waals surface area contributed by atoms with E-state index in [2.05, 4.69) is 24.1 Å². The molecule has 1 aliphatic rings. The molecule has 0 aromatic rings. The summed E-state index contributed by atoms with van der Waals surface area (Å²) in [4.78, 5) is 0. The van der Waals surface area contributed by atoms with Gasteiger partial charge in [0.05, 0.1) is 0 Å². The Hall–Kier alpha value is -0.613. The molecule has 46 valence electrons. The van der Waals surface area contributed by atoms with Gasteiger partial charge in [-0.25, -0.2) is 0 Å². The molecule has 0 bridgehead atoms. The van der Waals surface area contributed by atoms with Crippen LogP contribution in [-0.2, 0) is 0 Å². The van der Waals surface area contributed by atoms with Crippen LogP contribution in [0.25, 0.3) is 0 Å². The topological polar surface area (TPSA) is 0 Å². The second-order valence-corrected chi connectivity index (χ2v) is 4.58. The minimum Gasteiger partial charge on any atom is -0.103 e. The first kappa shape index (κ1) is 6.51. The van der Waals surface area contributed by atoms with Gasteiger partial charge in [0, 0.05) is 20.9 Å². The summed E-state index contributed by atoms with van der Waals surface area (Å²) < 4.78 is 0. The minimum absolute atomic E-state index is 0.216. The molecule has 0 amide bonds. The average molecular weight is 134 g/mol. The Kier molecular flexibility index (Phi) is 2.47. The first-order valence-electron chi connectivity index (χ1n) is 3.18. The third-order valence-corrected chi connectivity index (χ3v) is 3.57. The van der Waals surface area contributed by atoms with Gasteiger partial charge < -0.3 is 0 Å². The Morgan fingerprint density at radius 1 is 1.67 bits per heavy atom. The van der Waals surface area contributed by atoms with Crippen molar-refractivity contribution >= 4 is 14.1 Å². The highest BCUT2D eigenvalue weighted by atomic mass is 28.2. The quantitative estimate of drug-likeness (QED) is 0.305. The lowest BCUT2D eigenvalue weighted by Gasteiger charge is -1.98. The van der Waals surface area contributed by atoms with Gasteiger partial charge in [-0.3, -0.25) is 0 Å². The van der Waals surface area contributed by atoms with Gasteiger partial charge in [-0.15, -0.1) is 12.5 Å². The van der Waals surface area contributed by atoms with Crippen molar-refractivity contribution in [3.63, 3.8) is 0 Å². The normalized spacial score (nSPS) is 15.3. The second-order valence-electron chi connectivity index (χ2n) is 2.09. The van der Waals surface area contributed by atoms with E-state index in [-0.39, 0.29) is 8.41 Å². The van der Waals surface area contributed by atoms with Crippen LogP contribution in [0.3, 0.4) is 0 Å². The Morgan fingerprint density at radius 2 is 2.56 bits per heavy atom. The van der Waals surface area contributed by atoms with Gasteiger partial charge in [0.25, 0.3) is 0 Å². The zero-order valence-corrected chi connectivity index (χ0v) is 6.48. The second kappa shape index (κ2) is 3.42. The van der Waals surface area contributed by atoms with E-state index in [0.29, 0.717) is 0 Å². The van der Waals surface area contributed by atoms with E-state index in [1.807, 2.05) is 6.08 Å². The lowest BCUT2D eigenvalue weighted by Crippen LogP contribution is -2.04. The third kappa shape index (κ3) is 1.99. The molecule has 0 spiro atoms. The van der Waals surface area contributed by atoms with Gasteiger partial charge in [-0.1, -0.05) is 17.7 Å². The molecule has 0 radical (unpaired) electrons. The smallest absolute Gasteiger partial charge is 0.0232 e. The van der Waals surface area contributed by atoms with Crippen LogP contribution in [0.1, 0.15) is 6.42 Å². The molecule has 0 aliphatic carbocycles. The highest BCUT2D eigenvalue weighted by Crippen LogP contribution is 1.94. The van der Waals surface area contributed by atoms with E-state index >= 15 is 0 Å². The van der Waals surface area contributed by atoms with Crippen LogP contribution in [0, 0.1) is 11.8 Å². The van der Waals surface area contributed by atoms with Crippen LogP contribution in [0.4, 0.5) is 0 Å². The van der Waals surface area contributed by atoms with E-state index in [1.54, 1.807) is 0 Å². The van der Waals surface area contributed by atoms with Crippen molar-refractivity contribution < 1.29 is 0 Å². The van der Waals surface area contributed by atoms with Crippen molar-refractivity contribution in [1.29, 1.82) is 0 Å². The molecule has 0 nitrogen and oxygen atoms in total. The van der Waals surface area contributed by atoms with Crippen LogP contribution in [0.15, 0.2) is 12.7 Å². The van der Waals surface area contributed by atoms with Crippen molar-refractivity contribution in [2.75, 3.05) is 0 Å². The lowest BCUT2D eigenvalue weighted by molar-refractivity contribution is 1.56. The van der Waals surface area contributed by atoms with Crippen molar-refractivity contribution in [3.8, 4) is 11.8 Å². The molecule has 1 heteroatoms. The molecule has 0 unspecified atom stereocenters. The van der Waals surface area contributed by atoms with Crippen molar-refractivity contribution in [1.82, 2.24) is 0 Å². The fourth-order valence-corrected chi connectivity index (χ4v) is 2.43. The summed E-state index contributed by atoms with van der Waals surface area (Å²) in [5.41, 5.74) is 2.38. The lowest BCUT2D eigenvalue weighted by atomic mass is 10.5. The summed E-state index contributed by atoms with van der Waals surface area (Å²) in [5.74, 6) is 6.19. The Labute approximate surface area is 57.8 Å². The largest absolute Gasteiger partial charge is 0.103 e. The fourth-order valence-electron chi connectivity index (χ4n) is 0.857. The molecule has 0 fully saturated rings. The summed E-state index contributed by atoms with van der Waals surface area (Å²) in [6.07, 6.45) is 3.03. The van der Waals surface area contributed by atoms with E-state index in [4.69, 9.17) is 0 Å². The van der Waals surface area contributed by atoms with Gasteiger partial charge in [-0.2, -0.15) is 0 Å². The van der Waals surface area contributed by atoms with Crippen LogP contribution in [0.5, 0.6) is 0 Å². The minimum atomic E-state index is -0.216. The summed E-state index contributed by atoms with van der Waals surface area (Å²) in [7, 11) is -0.216. The SMILES string of the molecule is C=CC[Si]1=CCC#CC1. The number of hydrogen-bond donors (Lipinski definition) is 0. The Bertz CT molecular complexity index is 190. The maximum atomic E-state index is 3.71. The van der Waals surface area contributed by atoms with Crippen molar-refractivity contribution in [3.05, 3.63) is 12.7 Å². The van der Waals surface area contributed by atoms with Crippen LogP contribution in [-0.4, -0.2) is 14.1 Å². The van der Waals surface area contributed by atoms with Crippen LogP contribution < -0.4 is 0 Å². The first-order valence-corrected chi connectivity index (χ1v) is 5.17. The molecular formula is C8H10Si. The molecule has 0 atom stereocenters. The summed E-state index contributed by atoms with van der Waals surface area (Å²) in [6, 6.07) is 2.33. The zero-order chi connectivity index (χ0) is 6.53. The van der Waals surface area contributed by atoms with Crippen LogP contribution in [0.2, 0.25) is 12.1 Å². The summed E-state index contributed by atoms with van der Waals surface area (Å²) >= 11 is 0. The average Bonchev–Trinajstić information content (AvgIpc) is 1.91. The highest BCUT2D eigenvalue weighted by molar-refractivity contribution is 6.67. The molecule has 9 heavy (non-hydrogen) atoms. The number of allylic oxidation sites excluding steroid dienone is 1. The molecule has 1 heterocycles. The van der Waals surface area contributed by atoms with E-state index in [1.165, 1.54) is 6.04 Å². The highest BCUT2D eigenvalue weighted by Gasteiger charge is 1.94. The molecule has 0 aromatic carbocycles. The molecule has 1 aliphatic heterocycles. The predicted octanol–water partition coefficient (Wildman–Crippen LogP) is 1.46. The van der Waals surface area contributed by atoms with E-state index in [0.717, 1.165) is 12.5 Å². The van der Waals surface area contributed by atoms with Gasteiger partial charge in [-0.05, 0) is 6.04 Å². The van der Waals surface area contributed by atoms with E-state index < -0.39 is 0 Å². The van der Waals surface area contributed by atoms with Crippen molar-refractivity contribution in [2.24, 2.45) is 0 Å². The number of hydrogen-bond acceptors (Lipinski definition) is 0. The van der Waals surface area contributed by atoms with Gasteiger partial charge >= 0.3 is 0 Å².